The van der Waals surface area contributed by atoms with Crippen molar-refractivity contribution in [1.82, 2.24) is 4.90 Å². The van der Waals surface area contributed by atoms with E-state index in [1.54, 1.807) is 0 Å². The van der Waals surface area contributed by atoms with Crippen molar-refractivity contribution in [2.75, 3.05) is 13.2 Å². The van der Waals surface area contributed by atoms with Gasteiger partial charge in [0.2, 0.25) is 0 Å². The second kappa shape index (κ2) is 7.35. The fourth-order valence-corrected chi connectivity index (χ4v) is 4.31. The van der Waals surface area contributed by atoms with Gasteiger partial charge in [0, 0.05) is 18.9 Å². The first-order valence-electron chi connectivity index (χ1n) is 9.31. The van der Waals surface area contributed by atoms with Crippen molar-refractivity contribution in [2.45, 2.75) is 24.8 Å². The lowest BCUT2D eigenvalue weighted by Gasteiger charge is -2.22. The molecule has 6 nitrogen and oxygen atoms in total. The lowest BCUT2D eigenvalue weighted by atomic mass is 9.98. The van der Waals surface area contributed by atoms with Gasteiger partial charge in [-0.05, 0) is 34.6 Å². The zero-order valence-electron chi connectivity index (χ0n) is 15.2. The van der Waals surface area contributed by atoms with Gasteiger partial charge in [0.25, 0.3) is 0 Å². The quantitative estimate of drug-likeness (QED) is 0.880. The minimum absolute atomic E-state index is 0.0721. The summed E-state index contributed by atoms with van der Waals surface area (Å²) in [6.07, 6.45) is -0.112. The van der Waals surface area contributed by atoms with Gasteiger partial charge in [-0.15, -0.1) is 0 Å². The molecule has 142 valence electrons. The maximum Gasteiger partial charge on any atom is 0.410 e. The molecule has 0 spiro atoms. The van der Waals surface area contributed by atoms with Crippen molar-refractivity contribution in [3.63, 3.8) is 0 Å². The number of hydrogen-bond donors (Lipinski definition) is 1. The lowest BCUT2D eigenvalue weighted by Crippen LogP contribution is -2.41. The van der Waals surface area contributed by atoms with E-state index in [0.29, 0.717) is 0 Å². The van der Waals surface area contributed by atoms with E-state index in [9.17, 15) is 14.7 Å². The van der Waals surface area contributed by atoms with Crippen molar-refractivity contribution in [3.05, 3.63) is 59.7 Å². The number of carbonyl (C=O) groups is 2. The second-order valence-corrected chi connectivity index (χ2v) is 7.27. The molecule has 2 aliphatic rings. The van der Waals surface area contributed by atoms with E-state index in [2.05, 4.69) is 18.2 Å². The van der Waals surface area contributed by atoms with E-state index in [1.165, 1.54) is 4.90 Å². The number of amides is 1. The number of nitrogens with zero attached hydrogens (tertiary/aromatic N) is 2. The first-order chi connectivity index (χ1) is 13.6. The molecule has 2 aromatic rings. The Balaban J connectivity index is 1.51. The molecule has 0 bridgehead atoms. The average molecular weight is 376 g/mol. The smallest absolute Gasteiger partial charge is 0.410 e. The Bertz CT molecular complexity index is 920. The molecule has 2 atom stereocenters. The van der Waals surface area contributed by atoms with E-state index in [4.69, 9.17) is 10.00 Å². The number of likely N-dealkylation sites (tertiary alicyclic amines) is 1. The van der Waals surface area contributed by atoms with Crippen molar-refractivity contribution in [1.29, 1.82) is 5.26 Å². The molecule has 0 unspecified atom stereocenters. The Morgan fingerprint density at radius 1 is 1.11 bits per heavy atom. The number of carboxylic acid groups (broad SMARTS) is 1. The predicted molar refractivity (Wildman–Crippen MR) is 102 cm³/mol. The van der Waals surface area contributed by atoms with E-state index < -0.39 is 18.1 Å². The summed E-state index contributed by atoms with van der Waals surface area (Å²) < 4.78 is 5.57. The molecule has 1 heterocycles. The molecule has 1 amide bonds. The summed E-state index contributed by atoms with van der Waals surface area (Å²) in [5.41, 5.74) is 4.49. The summed E-state index contributed by atoms with van der Waals surface area (Å²) in [6, 6.07) is 17.2. The van der Waals surface area contributed by atoms with Gasteiger partial charge in [-0.2, -0.15) is 5.26 Å². The van der Waals surface area contributed by atoms with Crippen LogP contribution in [0.2, 0.25) is 0 Å². The zero-order valence-corrected chi connectivity index (χ0v) is 15.2. The van der Waals surface area contributed by atoms with Crippen LogP contribution >= 0.6 is 0 Å². The summed E-state index contributed by atoms with van der Waals surface area (Å²) in [5, 5.41) is 18.3. The third-order valence-electron chi connectivity index (χ3n) is 5.62. The molecule has 28 heavy (non-hydrogen) atoms. The highest BCUT2D eigenvalue weighted by Gasteiger charge is 2.41. The van der Waals surface area contributed by atoms with Gasteiger partial charge < -0.3 is 9.84 Å². The van der Waals surface area contributed by atoms with E-state index >= 15 is 0 Å². The number of aliphatic carboxylic acids is 1. The largest absolute Gasteiger partial charge is 0.480 e. The van der Waals surface area contributed by atoms with Gasteiger partial charge in [-0.1, -0.05) is 48.5 Å². The van der Waals surface area contributed by atoms with Gasteiger partial charge in [-0.25, -0.2) is 9.59 Å². The minimum Gasteiger partial charge on any atom is -0.480 e. The Hall–Kier alpha value is -3.33. The van der Waals surface area contributed by atoms with Crippen molar-refractivity contribution < 1.29 is 19.4 Å². The van der Waals surface area contributed by atoms with Crippen LogP contribution in [0.5, 0.6) is 0 Å². The molecule has 1 aliphatic heterocycles. The van der Waals surface area contributed by atoms with Crippen LogP contribution in [0.4, 0.5) is 4.79 Å². The highest BCUT2D eigenvalue weighted by molar-refractivity contribution is 5.81. The molecule has 6 heteroatoms. The molecular formula is C22H20N2O4. The van der Waals surface area contributed by atoms with Crippen LogP contribution < -0.4 is 0 Å². The molecule has 0 saturated carbocycles. The number of nitriles is 1. The first kappa shape index (κ1) is 18.1. The average Bonchev–Trinajstić information content (AvgIpc) is 3.26. The topological polar surface area (TPSA) is 90.6 Å². The number of hydrogen-bond acceptors (Lipinski definition) is 4. The number of rotatable bonds is 4. The molecule has 1 N–H and O–H groups in total. The maximum absolute atomic E-state index is 12.6. The molecule has 4 rings (SSSR count). The number of benzene rings is 2. The monoisotopic (exact) mass is 376 g/mol. The summed E-state index contributed by atoms with van der Waals surface area (Å²) in [6.45, 7) is 0.389. The van der Waals surface area contributed by atoms with Crippen LogP contribution in [0, 0.1) is 17.2 Å². The van der Waals surface area contributed by atoms with E-state index in [-0.39, 0.29) is 37.8 Å². The minimum atomic E-state index is -1.06. The summed E-state index contributed by atoms with van der Waals surface area (Å²) >= 11 is 0. The molecular weight excluding hydrogens is 356 g/mol. The fraction of sp³-hybridized carbons (Fsp3) is 0.318. The highest BCUT2D eigenvalue weighted by atomic mass is 16.6. The molecule has 0 aromatic heterocycles. The molecule has 1 saturated heterocycles. The Morgan fingerprint density at radius 2 is 1.71 bits per heavy atom. The molecule has 1 fully saturated rings. The third-order valence-corrected chi connectivity index (χ3v) is 5.62. The third kappa shape index (κ3) is 3.09. The van der Waals surface area contributed by atoms with E-state index in [1.807, 2.05) is 36.4 Å². The predicted octanol–water partition coefficient (Wildman–Crippen LogP) is 3.62. The van der Waals surface area contributed by atoms with Crippen molar-refractivity contribution >= 4 is 12.1 Å². The Labute approximate surface area is 163 Å². The Kier molecular flexibility index (Phi) is 4.74. The SMILES string of the molecule is N#CC[C@H]1C[C@@H](C(=O)O)N(C(=O)OCC2c3ccccc3-c3ccccc32)C1. The second-order valence-electron chi connectivity index (χ2n) is 7.27. The van der Waals surface area contributed by atoms with Crippen LogP contribution in [-0.2, 0) is 9.53 Å². The van der Waals surface area contributed by atoms with Crippen LogP contribution in [0.25, 0.3) is 11.1 Å². The van der Waals surface area contributed by atoms with Gasteiger partial charge in [-0.3, -0.25) is 4.90 Å². The number of carboxylic acids is 1. The van der Waals surface area contributed by atoms with Gasteiger partial charge in [0.05, 0.1) is 6.07 Å². The lowest BCUT2D eigenvalue weighted by molar-refractivity contribution is -0.141. The van der Waals surface area contributed by atoms with Crippen molar-refractivity contribution in [3.8, 4) is 17.2 Å². The van der Waals surface area contributed by atoms with Crippen LogP contribution in [0.1, 0.15) is 29.9 Å². The maximum atomic E-state index is 12.6. The number of ether oxygens (including phenoxy) is 1. The summed E-state index contributed by atoms with van der Waals surface area (Å²) in [7, 11) is 0. The van der Waals surface area contributed by atoms with Crippen LogP contribution in [0.15, 0.2) is 48.5 Å². The summed E-state index contributed by atoms with van der Waals surface area (Å²) in [5.74, 6) is -1.27. The highest BCUT2D eigenvalue weighted by Crippen LogP contribution is 2.44. The summed E-state index contributed by atoms with van der Waals surface area (Å²) in [4.78, 5) is 25.4. The van der Waals surface area contributed by atoms with Gasteiger partial charge in [0.15, 0.2) is 0 Å². The Morgan fingerprint density at radius 3 is 2.29 bits per heavy atom. The van der Waals surface area contributed by atoms with Crippen molar-refractivity contribution in [2.24, 2.45) is 5.92 Å². The molecule has 0 radical (unpaired) electrons. The number of carbonyl (C=O) groups excluding carboxylic acids is 1. The zero-order chi connectivity index (χ0) is 19.7. The molecule has 1 aliphatic carbocycles. The van der Waals surface area contributed by atoms with Crippen LogP contribution in [-0.4, -0.2) is 41.3 Å². The van der Waals surface area contributed by atoms with Gasteiger partial charge >= 0.3 is 12.1 Å². The van der Waals surface area contributed by atoms with Gasteiger partial charge in [0.1, 0.15) is 12.6 Å². The fourth-order valence-electron chi connectivity index (χ4n) is 4.31. The molecule has 2 aromatic carbocycles. The van der Waals surface area contributed by atoms with Crippen LogP contribution in [0.3, 0.4) is 0 Å². The normalized spacial score (nSPS) is 20.3. The first-order valence-corrected chi connectivity index (χ1v) is 9.31. The number of fused-ring (bicyclic) bond motifs is 3. The standard InChI is InChI=1S/C22H20N2O4/c23-10-9-14-11-20(21(25)26)24(12-14)22(27)28-13-19-17-7-3-1-5-15(17)16-6-2-4-8-18(16)19/h1-8,14,19-20H,9,11-13H2,(H,25,26)/t14-,20-/m0/s1. The van der Waals surface area contributed by atoms with E-state index in [0.717, 1.165) is 22.3 Å².